The normalized spacial score (nSPS) is 11.8. The second-order valence-electron chi connectivity index (χ2n) is 4.70. The number of hydrogen-bond donors (Lipinski definition) is 2. The van der Waals surface area contributed by atoms with Crippen LogP contribution in [-0.2, 0) is 11.2 Å². The van der Waals surface area contributed by atoms with E-state index in [1.54, 1.807) is 0 Å². The third kappa shape index (κ3) is 4.21. The van der Waals surface area contributed by atoms with Crippen molar-refractivity contribution in [3.8, 4) is 0 Å². The van der Waals surface area contributed by atoms with Gasteiger partial charge >= 0.3 is 0 Å². The number of nitrogens with one attached hydrogen (secondary N) is 1. The van der Waals surface area contributed by atoms with E-state index in [2.05, 4.69) is 5.32 Å². The summed E-state index contributed by atoms with van der Waals surface area (Å²) < 4.78 is 0. The smallest absolute Gasteiger partial charge is 0.220 e. The average Bonchev–Trinajstić information content (AvgIpc) is 2.52. The first-order valence-electron chi connectivity index (χ1n) is 6.78. The number of aliphatic hydroxyl groups is 1. The van der Waals surface area contributed by atoms with Gasteiger partial charge in [0.15, 0.2) is 0 Å². The summed E-state index contributed by atoms with van der Waals surface area (Å²) in [6, 6.07) is 19.1. The third-order valence-corrected chi connectivity index (χ3v) is 3.20. The number of carbonyl (C=O) groups excluding carboxylic acids is 1. The molecule has 3 heteroatoms. The first-order chi connectivity index (χ1) is 9.79. The van der Waals surface area contributed by atoms with E-state index >= 15 is 0 Å². The van der Waals surface area contributed by atoms with Crippen LogP contribution < -0.4 is 5.32 Å². The Bertz CT molecular complexity index is 525. The number of carbonyl (C=O) groups is 1. The molecule has 0 spiro atoms. The average molecular weight is 269 g/mol. The largest absolute Gasteiger partial charge is 0.394 e. The van der Waals surface area contributed by atoms with Crippen molar-refractivity contribution in [3.05, 3.63) is 71.8 Å². The van der Waals surface area contributed by atoms with Gasteiger partial charge in [0, 0.05) is 6.42 Å². The number of aryl methyl sites for hydroxylation is 1. The van der Waals surface area contributed by atoms with Gasteiger partial charge in [-0.1, -0.05) is 60.7 Å². The van der Waals surface area contributed by atoms with Gasteiger partial charge in [-0.25, -0.2) is 0 Å². The molecule has 20 heavy (non-hydrogen) atoms. The van der Waals surface area contributed by atoms with Crippen molar-refractivity contribution in [1.29, 1.82) is 0 Å². The van der Waals surface area contributed by atoms with E-state index in [1.807, 2.05) is 60.7 Å². The lowest BCUT2D eigenvalue weighted by atomic mass is 10.1. The van der Waals surface area contributed by atoms with E-state index in [0.29, 0.717) is 12.8 Å². The van der Waals surface area contributed by atoms with Gasteiger partial charge in [-0.15, -0.1) is 0 Å². The molecule has 104 valence electrons. The summed E-state index contributed by atoms with van der Waals surface area (Å²) in [7, 11) is 0. The summed E-state index contributed by atoms with van der Waals surface area (Å²) in [6.07, 6.45) is 1.13. The first-order valence-corrected chi connectivity index (χ1v) is 6.78. The molecule has 2 aromatic rings. The molecule has 2 N–H and O–H groups in total. The number of aliphatic hydroxyl groups excluding tert-OH is 1. The van der Waals surface area contributed by atoms with Crippen LogP contribution >= 0.6 is 0 Å². The lowest BCUT2D eigenvalue weighted by molar-refractivity contribution is -0.122. The molecular weight excluding hydrogens is 250 g/mol. The summed E-state index contributed by atoms with van der Waals surface area (Å²) in [6.45, 7) is -0.0961. The molecule has 0 aliphatic carbocycles. The highest BCUT2D eigenvalue weighted by Gasteiger charge is 2.12. The third-order valence-electron chi connectivity index (χ3n) is 3.20. The second kappa shape index (κ2) is 7.46. The zero-order chi connectivity index (χ0) is 14.2. The Hall–Kier alpha value is -2.13. The summed E-state index contributed by atoms with van der Waals surface area (Å²) in [4.78, 5) is 11.9. The molecule has 2 rings (SSSR count). The van der Waals surface area contributed by atoms with E-state index < -0.39 is 0 Å². The Morgan fingerprint density at radius 2 is 1.60 bits per heavy atom. The van der Waals surface area contributed by atoms with Gasteiger partial charge in [0.1, 0.15) is 0 Å². The molecule has 0 saturated carbocycles. The Labute approximate surface area is 119 Å². The highest BCUT2D eigenvalue weighted by molar-refractivity contribution is 5.76. The quantitative estimate of drug-likeness (QED) is 0.846. The Balaban J connectivity index is 1.87. The van der Waals surface area contributed by atoms with E-state index in [1.165, 1.54) is 0 Å². The number of rotatable bonds is 6. The maximum absolute atomic E-state index is 11.9. The molecule has 0 aliphatic heterocycles. The minimum absolute atomic E-state index is 0.0447. The monoisotopic (exact) mass is 269 g/mol. The number of hydrogen-bond acceptors (Lipinski definition) is 2. The van der Waals surface area contributed by atoms with Crippen molar-refractivity contribution in [2.24, 2.45) is 0 Å². The van der Waals surface area contributed by atoms with E-state index in [-0.39, 0.29) is 18.6 Å². The molecule has 0 fully saturated rings. The van der Waals surface area contributed by atoms with Crippen LogP contribution in [0, 0.1) is 0 Å². The van der Waals surface area contributed by atoms with Crippen LogP contribution in [0.25, 0.3) is 0 Å². The SMILES string of the molecule is O=C(CCc1ccccc1)N[C@@H](CO)c1ccccc1. The lowest BCUT2D eigenvalue weighted by Gasteiger charge is -2.16. The van der Waals surface area contributed by atoms with Gasteiger partial charge in [0.2, 0.25) is 5.91 Å². The van der Waals surface area contributed by atoms with Gasteiger partial charge in [-0.3, -0.25) is 4.79 Å². The van der Waals surface area contributed by atoms with Crippen LogP contribution in [0.3, 0.4) is 0 Å². The molecule has 1 atom stereocenters. The van der Waals surface area contributed by atoms with Gasteiger partial charge in [-0.05, 0) is 17.5 Å². The van der Waals surface area contributed by atoms with Gasteiger partial charge in [0.25, 0.3) is 0 Å². The van der Waals surface area contributed by atoms with Crippen molar-refractivity contribution in [1.82, 2.24) is 5.32 Å². The second-order valence-corrected chi connectivity index (χ2v) is 4.70. The topological polar surface area (TPSA) is 49.3 Å². The highest BCUT2D eigenvalue weighted by Crippen LogP contribution is 2.12. The Morgan fingerprint density at radius 1 is 1.00 bits per heavy atom. The van der Waals surface area contributed by atoms with Gasteiger partial charge in [-0.2, -0.15) is 0 Å². The summed E-state index contributed by atoms with van der Waals surface area (Å²) >= 11 is 0. The van der Waals surface area contributed by atoms with Crippen LogP contribution in [0.15, 0.2) is 60.7 Å². The van der Waals surface area contributed by atoms with Crippen LogP contribution in [0.2, 0.25) is 0 Å². The van der Waals surface area contributed by atoms with Crippen LogP contribution in [0.1, 0.15) is 23.6 Å². The standard InChI is InChI=1S/C17H19NO2/c19-13-16(15-9-5-2-6-10-15)18-17(20)12-11-14-7-3-1-4-8-14/h1-10,16,19H,11-13H2,(H,18,20)/t16-/m0/s1. The number of benzene rings is 2. The zero-order valence-corrected chi connectivity index (χ0v) is 11.3. The molecule has 0 aromatic heterocycles. The fourth-order valence-corrected chi connectivity index (χ4v) is 2.09. The molecule has 0 aliphatic rings. The highest BCUT2D eigenvalue weighted by atomic mass is 16.3. The van der Waals surface area contributed by atoms with Crippen LogP contribution in [0.5, 0.6) is 0 Å². The predicted molar refractivity (Wildman–Crippen MR) is 79.2 cm³/mol. The van der Waals surface area contributed by atoms with Crippen LogP contribution in [0.4, 0.5) is 0 Å². The lowest BCUT2D eigenvalue weighted by Crippen LogP contribution is -2.30. The molecule has 0 bridgehead atoms. The molecule has 0 unspecified atom stereocenters. The first kappa shape index (κ1) is 14.3. The zero-order valence-electron chi connectivity index (χ0n) is 11.3. The van der Waals surface area contributed by atoms with Gasteiger partial charge in [0.05, 0.1) is 12.6 Å². The van der Waals surface area contributed by atoms with Crippen molar-refractivity contribution < 1.29 is 9.90 Å². The minimum atomic E-state index is -0.334. The van der Waals surface area contributed by atoms with Crippen molar-refractivity contribution in [3.63, 3.8) is 0 Å². The van der Waals surface area contributed by atoms with Crippen molar-refractivity contribution in [2.75, 3.05) is 6.61 Å². The van der Waals surface area contributed by atoms with E-state index in [0.717, 1.165) is 11.1 Å². The number of amides is 1. The predicted octanol–water partition coefficient (Wildman–Crippen LogP) is 2.47. The maximum atomic E-state index is 11.9. The fourth-order valence-electron chi connectivity index (χ4n) is 2.09. The molecule has 1 amide bonds. The summed E-state index contributed by atoms with van der Waals surface area (Å²) in [5.41, 5.74) is 2.06. The Kier molecular flexibility index (Phi) is 5.33. The molecular formula is C17H19NO2. The molecule has 0 heterocycles. The molecule has 2 aromatic carbocycles. The minimum Gasteiger partial charge on any atom is -0.394 e. The van der Waals surface area contributed by atoms with Crippen molar-refractivity contribution in [2.45, 2.75) is 18.9 Å². The molecule has 3 nitrogen and oxygen atoms in total. The molecule has 0 saturated heterocycles. The Morgan fingerprint density at radius 3 is 2.20 bits per heavy atom. The van der Waals surface area contributed by atoms with E-state index in [4.69, 9.17) is 0 Å². The summed E-state index contributed by atoms with van der Waals surface area (Å²) in [5, 5.41) is 12.3. The molecule has 0 radical (unpaired) electrons. The van der Waals surface area contributed by atoms with Crippen molar-refractivity contribution >= 4 is 5.91 Å². The van der Waals surface area contributed by atoms with Gasteiger partial charge < -0.3 is 10.4 Å². The summed E-state index contributed by atoms with van der Waals surface area (Å²) in [5.74, 6) is -0.0447. The fraction of sp³-hybridized carbons (Fsp3) is 0.235. The van der Waals surface area contributed by atoms with Crippen LogP contribution in [-0.4, -0.2) is 17.6 Å². The maximum Gasteiger partial charge on any atom is 0.220 e. The van der Waals surface area contributed by atoms with E-state index in [9.17, 15) is 9.90 Å².